The van der Waals surface area contributed by atoms with Gasteiger partial charge in [-0.1, -0.05) is 42.0 Å². The summed E-state index contributed by atoms with van der Waals surface area (Å²) >= 11 is 0. The van der Waals surface area contributed by atoms with Gasteiger partial charge in [0.2, 0.25) is 12.0 Å². The van der Waals surface area contributed by atoms with E-state index in [0.717, 1.165) is 38.4 Å². The highest BCUT2D eigenvalue weighted by Gasteiger charge is 2.37. The summed E-state index contributed by atoms with van der Waals surface area (Å²) < 4.78 is 74.4. The van der Waals surface area contributed by atoms with E-state index in [4.69, 9.17) is 9.57 Å². The fourth-order valence-electron chi connectivity index (χ4n) is 5.53. The van der Waals surface area contributed by atoms with E-state index in [-0.39, 0.29) is 38.9 Å². The van der Waals surface area contributed by atoms with Crippen molar-refractivity contribution in [1.82, 2.24) is 24.4 Å². The molecule has 1 N–H and O–H groups in total. The number of carbonyl (C=O) groups is 3. The number of imide groups is 1. The molecule has 2 aliphatic rings. The zero-order valence-corrected chi connectivity index (χ0v) is 27.4. The quantitative estimate of drug-likeness (QED) is 0.103. The molecule has 1 aromatic heterocycles. The van der Waals surface area contributed by atoms with Crippen molar-refractivity contribution in [3.8, 4) is 16.9 Å². The fourth-order valence-corrected chi connectivity index (χ4v) is 6.42. The van der Waals surface area contributed by atoms with Gasteiger partial charge in [0.05, 0.1) is 38.9 Å². The van der Waals surface area contributed by atoms with Crippen molar-refractivity contribution in [3.63, 3.8) is 0 Å². The molecule has 19 heteroatoms. The van der Waals surface area contributed by atoms with Crippen molar-refractivity contribution in [2.45, 2.75) is 36.9 Å². The Bertz CT molecular complexity index is 2090. The number of carbonyl (C=O) groups excluding carboxylic acids is 3. The van der Waals surface area contributed by atoms with Gasteiger partial charge in [0.1, 0.15) is 12.6 Å². The van der Waals surface area contributed by atoms with Crippen LogP contribution in [0.1, 0.15) is 44.8 Å². The van der Waals surface area contributed by atoms with Gasteiger partial charge in [-0.2, -0.15) is 18.3 Å². The van der Waals surface area contributed by atoms with E-state index in [1.807, 2.05) is 6.92 Å². The third-order valence-corrected chi connectivity index (χ3v) is 9.45. The van der Waals surface area contributed by atoms with Crippen molar-refractivity contribution in [1.29, 1.82) is 0 Å². The first kappa shape index (κ1) is 34.9. The van der Waals surface area contributed by atoms with Gasteiger partial charge in [-0.15, -0.1) is 5.01 Å². The van der Waals surface area contributed by atoms with E-state index in [0.29, 0.717) is 18.4 Å². The number of aromatic nitrogens is 2. The lowest BCUT2D eigenvalue weighted by Crippen LogP contribution is -2.40. The maximum atomic E-state index is 13.5. The first-order chi connectivity index (χ1) is 24.2. The Kier molecular flexibility index (Phi) is 9.39. The van der Waals surface area contributed by atoms with Crippen LogP contribution in [-0.4, -0.2) is 76.9 Å². The number of hydrogen-bond acceptors (Lipinski definition) is 10. The van der Waals surface area contributed by atoms with Gasteiger partial charge in [-0.3, -0.25) is 9.59 Å². The first-order valence-corrected chi connectivity index (χ1v) is 16.8. The minimum atomic E-state index is -4.73. The molecule has 3 amide bonds. The molecule has 0 spiro atoms. The molecule has 2 aliphatic heterocycles. The van der Waals surface area contributed by atoms with E-state index in [9.17, 15) is 41.2 Å². The molecule has 15 nitrogen and oxygen atoms in total. The molecule has 0 radical (unpaired) electrons. The third-order valence-electron chi connectivity index (χ3n) is 8.12. The molecule has 1 fully saturated rings. The van der Waals surface area contributed by atoms with Gasteiger partial charge in [-0.05, 0) is 62.2 Å². The normalized spacial score (nSPS) is 16.4. The standard InChI is InChI=1S/C32H28F3N7O8S/c1-20-8-10-21(11-9-20)27-17-28(32(33,34)35)36-41(27)22-12-14-24(15-13-22)51(47,48)37-31(45)49-18-23-5-4-16-40(23)42(46)38-50-19-39-29(43)25-6-2-3-7-26(25)30(39)44/h2-3,6-15,17,23H,4-5,16,18-19H2,1H3,(H,37,45)/b42-38+/t23-/m0/s1. The monoisotopic (exact) mass is 727 g/mol. The van der Waals surface area contributed by atoms with Gasteiger partial charge < -0.3 is 14.8 Å². The maximum absolute atomic E-state index is 13.5. The molecule has 3 heterocycles. The number of hydrogen-bond donors (Lipinski definition) is 1. The highest BCUT2D eigenvalue weighted by atomic mass is 32.2. The summed E-state index contributed by atoms with van der Waals surface area (Å²) in [7, 11) is -4.49. The second kappa shape index (κ2) is 13.7. The van der Waals surface area contributed by atoms with Crippen molar-refractivity contribution in [2.75, 3.05) is 19.9 Å². The van der Waals surface area contributed by atoms with Crippen LogP contribution in [0.2, 0.25) is 0 Å². The number of hydrazine groups is 1. The van der Waals surface area contributed by atoms with E-state index < -0.39 is 59.2 Å². The van der Waals surface area contributed by atoms with Crippen molar-refractivity contribution in [2.24, 2.45) is 5.28 Å². The van der Waals surface area contributed by atoms with Gasteiger partial charge in [0, 0.05) is 5.56 Å². The second-order valence-corrected chi connectivity index (χ2v) is 13.2. The lowest BCUT2D eigenvalue weighted by atomic mass is 10.1. The predicted octanol–water partition coefficient (Wildman–Crippen LogP) is 4.81. The zero-order chi connectivity index (χ0) is 36.5. The molecule has 266 valence electrons. The number of ether oxygens (including phenoxy) is 1. The number of sulfonamides is 1. The van der Waals surface area contributed by atoms with Crippen LogP contribution in [-0.2, 0) is 25.8 Å². The number of halogens is 3. The summed E-state index contributed by atoms with van der Waals surface area (Å²) in [6.07, 6.45) is -5.19. The number of amides is 3. The van der Waals surface area contributed by atoms with Crippen LogP contribution in [0.4, 0.5) is 18.0 Å². The van der Waals surface area contributed by atoms with Crippen LogP contribution in [0, 0.1) is 12.1 Å². The molecule has 3 aromatic carbocycles. The SMILES string of the molecule is Cc1ccc(-c2cc(C(F)(F)F)nn2-c2ccc(S(=O)(=O)NC(=O)OC[C@@H]3CCCN3/[N+]([O-])=N\OCN3C(=O)c4ccccc4C3=O)cc2)cc1. The number of rotatable bonds is 10. The topological polar surface area (TPSA) is 179 Å². The largest absolute Gasteiger partial charge is 0.569 e. The van der Waals surface area contributed by atoms with Crippen LogP contribution in [0.5, 0.6) is 0 Å². The van der Waals surface area contributed by atoms with Gasteiger partial charge in [0.15, 0.2) is 5.69 Å². The highest BCUT2D eigenvalue weighted by Crippen LogP contribution is 2.33. The molecule has 0 saturated carbocycles. The molecular weight excluding hydrogens is 699 g/mol. The Balaban J connectivity index is 1.05. The molecule has 4 aromatic rings. The van der Waals surface area contributed by atoms with E-state index >= 15 is 0 Å². The summed E-state index contributed by atoms with van der Waals surface area (Å²) in [5.41, 5.74) is 0.862. The molecular formula is C32H28F3N7O8S. The number of benzene rings is 3. The minimum Gasteiger partial charge on any atom is -0.569 e. The van der Waals surface area contributed by atoms with Crippen LogP contribution in [0.3, 0.4) is 0 Å². The smallest absolute Gasteiger partial charge is 0.435 e. The lowest BCUT2D eigenvalue weighted by Gasteiger charge is -2.20. The first-order valence-electron chi connectivity index (χ1n) is 15.3. The van der Waals surface area contributed by atoms with Crippen molar-refractivity contribution < 1.29 is 50.5 Å². The average Bonchev–Trinajstić information content (AvgIpc) is 3.82. The number of nitrogens with zero attached hydrogens (tertiary/aromatic N) is 6. The number of aryl methyl sites for hydroxylation is 1. The van der Waals surface area contributed by atoms with E-state index in [2.05, 4.69) is 10.4 Å². The molecule has 0 aliphatic carbocycles. The third kappa shape index (κ3) is 7.32. The van der Waals surface area contributed by atoms with Crippen LogP contribution >= 0.6 is 0 Å². The second-order valence-electron chi connectivity index (χ2n) is 11.5. The fraction of sp³-hybridized carbons (Fsp3) is 0.250. The average molecular weight is 728 g/mol. The predicted molar refractivity (Wildman–Crippen MR) is 169 cm³/mol. The summed E-state index contributed by atoms with van der Waals surface area (Å²) in [6.45, 7) is 0.992. The van der Waals surface area contributed by atoms with Gasteiger partial charge >= 0.3 is 12.3 Å². The Morgan fingerprint density at radius 3 is 2.31 bits per heavy atom. The number of alkyl halides is 3. The van der Waals surface area contributed by atoms with Crippen LogP contribution in [0.15, 0.2) is 89.0 Å². The summed E-state index contributed by atoms with van der Waals surface area (Å²) in [6, 6.07) is 17.8. The van der Waals surface area contributed by atoms with E-state index in [1.54, 1.807) is 41.1 Å². The Hall–Kier alpha value is -5.98. The Morgan fingerprint density at radius 2 is 1.69 bits per heavy atom. The van der Waals surface area contributed by atoms with Crippen molar-refractivity contribution in [3.05, 3.63) is 106 Å². The van der Waals surface area contributed by atoms with Crippen LogP contribution < -0.4 is 4.72 Å². The lowest BCUT2D eigenvalue weighted by molar-refractivity contribution is -0.715. The number of fused-ring (bicyclic) bond motifs is 1. The van der Waals surface area contributed by atoms with Gasteiger partial charge in [-0.25, -0.2) is 27.5 Å². The summed E-state index contributed by atoms with van der Waals surface area (Å²) in [4.78, 5) is 42.9. The van der Waals surface area contributed by atoms with Crippen molar-refractivity contribution >= 4 is 27.9 Å². The minimum absolute atomic E-state index is 0.0942. The molecule has 0 bridgehead atoms. The van der Waals surface area contributed by atoms with Gasteiger partial charge in [0.25, 0.3) is 21.8 Å². The molecule has 51 heavy (non-hydrogen) atoms. The molecule has 0 unspecified atom stereocenters. The maximum Gasteiger partial charge on any atom is 0.435 e. The Labute approximate surface area is 288 Å². The molecule has 6 rings (SSSR count). The highest BCUT2D eigenvalue weighted by molar-refractivity contribution is 7.90. The zero-order valence-electron chi connectivity index (χ0n) is 26.6. The van der Waals surface area contributed by atoms with E-state index in [1.165, 1.54) is 24.3 Å². The number of nitrogens with one attached hydrogen (secondary N) is 1. The summed E-state index contributed by atoms with van der Waals surface area (Å²) in [5, 5.41) is 20.9. The molecule has 1 saturated heterocycles. The Morgan fingerprint density at radius 1 is 1.04 bits per heavy atom. The van der Waals surface area contributed by atoms with Crippen LogP contribution in [0.25, 0.3) is 16.9 Å². The summed E-state index contributed by atoms with van der Waals surface area (Å²) in [5.74, 6) is -1.20. The molecule has 1 atom stereocenters.